The van der Waals surface area contributed by atoms with Crippen molar-refractivity contribution in [1.29, 1.82) is 0 Å². The molecule has 0 spiro atoms. The quantitative estimate of drug-likeness (QED) is 0.874. The molecule has 0 atom stereocenters. The highest BCUT2D eigenvalue weighted by atomic mass is 32.1. The number of hydrogen-bond acceptors (Lipinski definition) is 5. The molecule has 0 radical (unpaired) electrons. The number of likely N-dealkylation sites (tertiary alicyclic amines) is 1. The van der Waals surface area contributed by atoms with Gasteiger partial charge in [0.15, 0.2) is 0 Å². The Morgan fingerprint density at radius 1 is 1.48 bits per heavy atom. The van der Waals surface area contributed by atoms with Crippen LogP contribution in [0.5, 0.6) is 0 Å². The van der Waals surface area contributed by atoms with Crippen LogP contribution in [0.25, 0.3) is 0 Å². The van der Waals surface area contributed by atoms with Gasteiger partial charge in [0.2, 0.25) is 0 Å². The maximum absolute atomic E-state index is 11.3. The number of thiazole rings is 1. The van der Waals surface area contributed by atoms with Crippen molar-refractivity contribution in [2.45, 2.75) is 45.2 Å². The van der Waals surface area contributed by atoms with Crippen LogP contribution < -0.4 is 0 Å². The second-order valence-corrected chi connectivity index (χ2v) is 6.97. The first kappa shape index (κ1) is 16.4. The van der Waals surface area contributed by atoms with E-state index >= 15 is 0 Å². The minimum atomic E-state index is -0.843. The Balaban J connectivity index is 2.01. The number of rotatable bonds is 6. The number of hydrogen-bond donors (Lipinski definition) is 1. The summed E-state index contributed by atoms with van der Waals surface area (Å²) in [6.45, 7) is 5.07. The predicted molar refractivity (Wildman–Crippen MR) is 85.1 cm³/mol. The van der Waals surface area contributed by atoms with Gasteiger partial charge in [0.1, 0.15) is 9.88 Å². The Morgan fingerprint density at radius 2 is 2.14 bits per heavy atom. The topological polar surface area (TPSA) is 56.7 Å². The van der Waals surface area contributed by atoms with E-state index in [1.54, 1.807) is 0 Å². The molecule has 1 N–H and O–H groups in total. The maximum atomic E-state index is 11.3. The predicted octanol–water partition coefficient (Wildman–Crippen LogP) is 2.32. The second-order valence-electron chi connectivity index (χ2n) is 5.89. The molecular formula is C15H25N3O2S. The van der Waals surface area contributed by atoms with Crippen LogP contribution in [-0.4, -0.2) is 59.1 Å². The Morgan fingerprint density at radius 3 is 2.71 bits per heavy atom. The summed E-state index contributed by atoms with van der Waals surface area (Å²) in [6, 6.07) is 0.577. The van der Waals surface area contributed by atoms with Gasteiger partial charge in [-0.15, -0.1) is 11.3 Å². The van der Waals surface area contributed by atoms with Gasteiger partial charge >= 0.3 is 5.97 Å². The van der Waals surface area contributed by atoms with Gasteiger partial charge in [-0.2, -0.15) is 0 Å². The molecule has 1 aliphatic heterocycles. The van der Waals surface area contributed by atoms with Crippen LogP contribution >= 0.6 is 11.3 Å². The summed E-state index contributed by atoms with van der Waals surface area (Å²) in [4.78, 5) is 20.9. The van der Waals surface area contributed by atoms with Crippen LogP contribution in [0.1, 0.15) is 46.6 Å². The average Bonchev–Trinajstić information content (AvgIpc) is 2.83. The maximum Gasteiger partial charge on any atom is 0.347 e. The van der Waals surface area contributed by atoms with Crippen molar-refractivity contribution in [2.75, 3.05) is 27.2 Å². The molecule has 6 heteroatoms. The summed E-state index contributed by atoms with van der Waals surface area (Å²) < 4.78 is 0. The molecule has 1 aromatic rings. The van der Waals surface area contributed by atoms with Gasteiger partial charge in [-0.05, 0) is 46.4 Å². The molecule has 1 saturated heterocycles. The molecule has 0 unspecified atom stereocenters. The molecule has 1 aliphatic rings. The number of aromatic nitrogens is 1. The number of piperidine rings is 1. The molecule has 2 rings (SSSR count). The molecule has 0 aliphatic carbocycles. The molecule has 21 heavy (non-hydrogen) atoms. The van der Waals surface area contributed by atoms with Crippen molar-refractivity contribution in [1.82, 2.24) is 14.8 Å². The SMILES string of the molecule is CCCc1nc(CN(C)C2CCN(C)CC2)sc1C(=O)O. The number of nitrogens with zero attached hydrogens (tertiary/aromatic N) is 3. The number of carboxylic acid groups (broad SMARTS) is 1. The molecule has 0 amide bonds. The molecule has 2 heterocycles. The van der Waals surface area contributed by atoms with E-state index in [9.17, 15) is 9.90 Å². The van der Waals surface area contributed by atoms with Crippen LogP contribution in [0.3, 0.4) is 0 Å². The van der Waals surface area contributed by atoms with Crippen molar-refractivity contribution in [3.8, 4) is 0 Å². The lowest BCUT2D eigenvalue weighted by atomic mass is 10.0. The Kier molecular flexibility index (Phi) is 5.72. The summed E-state index contributed by atoms with van der Waals surface area (Å²) in [5.41, 5.74) is 0.752. The summed E-state index contributed by atoms with van der Waals surface area (Å²) in [5, 5.41) is 10.2. The lowest BCUT2D eigenvalue weighted by Crippen LogP contribution is -2.41. The van der Waals surface area contributed by atoms with Gasteiger partial charge in [-0.25, -0.2) is 9.78 Å². The van der Waals surface area contributed by atoms with E-state index in [1.165, 1.54) is 24.2 Å². The summed E-state index contributed by atoms with van der Waals surface area (Å²) >= 11 is 1.34. The molecule has 0 aromatic carbocycles. The third kappa shape index (κ3) is 4.25. The zero-order valence-corrected chi connectivity index (χ0v) is 13.9. The fraction of sp³-hybridized carbons (Fsp3) is 0.733. The van der Waals surface area contributed by atoms with Gasteiger partial charge in [0, 0.05) is 6.04 Å². The highest BCUT2D eigenvalue weighted by Crippen LogP contribution is 2.23. The molecule has 0 saturated carbocycles. The summed E-state index contributed by atoms with van der Waals surface area (Å²) in [6.07, 6.45) is 4.02. The van der Waals surface area contributed by atoms with Gasteiger partial charge in [-0.3, -0.25) is 4.90 Å². The van der Waals surface area contributed by atoms with Crippen molar-refractivity contribution in [3.05, 3.63) is 15.6 Å². The highest BCUT2D eigenvalue weighted by Gasteiger charge is 2.23. The summed E-state index contributed by atoms with van der Waals surface area (Å²) in [5.74, 6) is -0.843. The number of carbonyl (C=O) groups is 1. The van der Waals surface area contributed by atoms with E-state index in [1.807, 2.05) is 0 Å². The Bertz CT molecular complexity index is 481. The first-order valence-corrected chi connectivity index (χ1v) is 8.43. The third-order valence-electron chi connectivity index (χ3n) is 4.12. The van der Waals surface area contributed by atoms with Crippen molar-refractivity contribution < 1.29 is 9.90 Å². The first-order chi connectivity index (χ1) is 10.0. The Labute approximate surface area is 130 Å². The minimum Gasteiger partial charge on any atom is -0.477 e. The van der Waals surface area contributed by atoms with E-state index in [2.05, 4.69) is 35.8 Å². The van der Waals surface area contributed by atoms with Crippen LogP contribution in [0, 0.1) is 0 Å². The fourth-order valence-electron chi connectivity index (χ4n) is 2.82. The molecule has 0 bridgehead atoms. The normalized spacial score (nSPS) is 17.5. The van der Waals surface area contributed by atoms with Crippen molar-refractivity contribution in [2.24, 2.45) is 0 Å². The number of carboxylic acids is 1. The second kappa shape index (κ2) is 7.33. The highest BCUT2D eigenvalue weighted by molar-refractivity contribution is 7.13. The van der Waals surface area contributed by atoms with E-state index in [4.69, 9.17) is 0 Å². The van der Waals surface area contributed by atoms with Crippen LogP contribution in [-0.2, 0) is 13.0 Å². The molecule has 118 valence electrons. The monoisotopic (exact) mass is 311 g/mol. The third-order valence-corrected chi connectivity index (χ3v) is 5.19. The van der Waals surface area contributed by atoms with Crippen LogP contribution in [0.2, 0.25) is 0 Å². The zero-order valence-electron chi connectivity index (χ0n) is 13.1. The van der Waals surface area contributed by atoms with Gasteiger partial charge < -0.3 is 10.0 Å². The lowest BCUT2D eigenvalue weighted by Gasteiger charge is -2.34. The van der Waals surface area contributed by atoms with Gasteiger partial charge in [-0.1, -0.05) is 13.3 Å². The smallest absolute Gasteiger partial charge is 0.347 e. The van der Waals surface area contributed by atoms with E-state index in [0.29, 0.717) is 10.9 Å². The van der Waals surface area contributed by atoms with E-state index in [-0.39, 0.29) is 0 Å². The van der Waals surface area contributed by atoms with Crippen molar-refractivity contribution >= 4 is 17.3 Å². The zero-order chi connectivity index (χ0) is 15.4. The summed E-state index contributed by atoms with van der Waals surface area (Å²) in [7, 11) is 4.28. The standard InChI is InChI=1S/C15H25N3O2S/c1-4-5-12-14(15(19)20)21-13(16-12)10-18(3)11-6-8-17(2)9-7-11/h11H,4-10H2,1-3H3,(H,19,20). The largest absolute Gasteiger partial charge is 0.477 e. The molecule has 5 nitrogen and oxygen atoms in total. The Hall–Kier alpha value is -0.980. The van der Waals surface area contributed by atoms with Crippen LogP contribution in [0.15, 0.2) is 0 Å². The number of aryl methyl sites for hydroxylation is 1. The minimum absolute atomic E-state index is 0.420. The van der Waals surface area contributed by atoms with E-state index < -0.39 is 5.97 Å². The lowest BCUT2D eigenvalue weighted by molar-refractivity contribution is 0.0700. The molecule has 1 fully saturated rings. The van der Waals surface area contributed by atoms with Gasteiger partial charge in [0.05, 0.1) is 12.2 Å². The van der Waals surface area contributed by atoms with Crippen LogP contribution in [0.4, 0.5) is 0 Å². The van der Waals surface area contributed by atoms with Crippen molar-refractivity contribution in [3.63, 3.8) is 0 Å². The molecular weight excluding hydrogens is 286 g/mol. The average molecular weight is 311 g/mol. The number of aromatic carboxylic acids is 1. The van der Waals surface area contributed by atoms with E-state index in [0.717, 1.165) is 43.2 Å². The van der Waals surface area contributed by atoms with Gasteiger partial charge in [0.25, 0.3) is 0 Å². The first-order valence-electron chi connectivity index (χ1n) is 7.62. The molecule has 1 aromatic heterocycles. The fourth-order valence-corrected chi connectivity index (χ4v) is 3.83.